The Hall–Kier alpha value is -3.03. The molecule has 1 heterocycles. The number of amides is 2. The van der Waals surface area contributed by atoms with Crippen molar-refractivity contribution in [3.05, 3.63) is 58.9 Å². The van der Waals surface area contributed by atoms with Crippen LogP contribution in [0.3, 0.4) is 0 Å². The second kappa shape index (κ2) is 7.42. The van der Waals surface area contributed by atoms with Crippen LogP contribution in [-0.2, 0) is 12.0 Å². The molecule has 1 saturated carbocycles. The van der Waals surface area contributed by atoms with Crippen LogP contribution in [0.2, 0.25) is 0 Å². The van der Waals surface area contributed by atoms with E-state index in [-0.39, 0.29) is 37.6 Å². The van der Waals surface area contributed by atoms with E-state index in [1.807, 2.05) is 0 Å². The summed E-state index contributed by atoms with van der Waals surface area (Å²) in [7, 11) is 0. The average molecular weight is 404 g/mol. The number of fused-ring (bicyclic) bond motifs is 2. The lowest BCUT2D eigenvalue weighted by molar-refractivity contribution is 0.126. The number of hydrogen-bond donors (Lipinski definition) is 2. The number of nitrogens with zero attached hydrogens (tertiary/aromatic N) is 2. The average Bonchev–Trinajstić information content (AvgIpc) is 2.60. The molecule has 0 bridgehead atoms. The highest BCUT2D eigenvalue weighted by atomic mass is 19.1. The normalized spacial score (nSPS) is 16.4. The monoisotopic (exact) mass is 404 g/mol. The molecule has 2 aromatic carbocycles. The summed E-state index contributed by atoms with van der Waals surface area (Å²) >= 11 is 0. The number of nitrogens with two attached hydrogens (primary N) is 2. The summed E-state index contributed by atoms with van der Waals surface area (Å²) in [5, 5.41) is 0. The van der Waals surface area contributed by atoms with Gasteiger partial charge in [0.2, 0.25) is 0 Å². The Labute approximate surface area is 167 Å². The minimum Gasteiger partial charge on any atom is -0.370 e. The third-order valence-electron chi connectivity index (χ3n) is 5.67. The molecule has 1 fully saturated rings. The molecule has 2 aliphatic rings. The number of guanidine groups is 1. The molecular weight excluding hydrogens is 381 g/mol. The summed E-state index contributed by atoms with van der Waals surface area (Å²) in [5.74, 6) is -2.30. The molecule has 0 saturated heterocycles. The lowest BCUT2D eigenvalue weighted by Gasteiger charge is -2.50. The number of carbonyl (C=O) groups excluding carboxylic acids is 1. The van der Waals surface area contributed by atoms with Gasteiger partial charge in [-0.15, -0.1) is 0 Å². The summed E-state index contributed by atoms with van der Waals surface area (Å²) in [6.07, 6.45) is 2.22. The van der Waals surface area contributed by atoms with Crippen LogP contribution in [0, 0.1) is 17.5 Å². The number of aliphatic imine (C=N–C) groups is 1. The first-order chi connectivity index (χ1) is 13.3. The zero-order valence-electron chi connectivity index (χ0n) is 15.0. The number of benzene rings is 2. The van der Waals surface area contributed by atoms with Gasteiger partial charge in [-0.2, -0.15) is 4.99 Å². The van der Waals surface area contributed by atoms with E-state index < -0.39 is 28.9 Å². The maximum Gasteiger partial charge on any atom is 0.347 e. The first kappa shape index (κ1) is 20.7. The van der Waals surface area contributed by atoms with Crippen molar-refractivity contribution < 1.29 is 18.0 Å². The van der Waals surface area contributed by atoms with E-state index in [0.717, 1.165) is 18.6 Å². The Bertz CT molecular complexity index is 977. The van der Waals surface area contributed by atoms with Crippen LogP contribution >= 0.6 is 0 Å². The molecule has 4 rings (SSSR count). The van der Waals surface area contributed by atoms with Crippen molar-refractivity contribution in [1.29, 1.82) is 0 Å². The quantitative estimate of drug-likeness (QED) is 0.556. The third kappa shape index (κ3) is 3.32. The fraction of sp³-hybridized carbons (Fsp3) is 0.333. The molecule has 4 N–H and O–H groups in total. The van der Waals surface area contributed by atoms with Crippen molar-refractivity contribution in [1.82, 2.24) is 4.90 Å². The van der Waals surface area contributed by atoms with Crippen LogP contribution in [0.15, 0.2) is 35.3 Å². The highest BCUT2D eigenvalue weighted by molar-refractivity contribution is 5.91. The molecule has 0 atom stereocenters. The van der Waals surface area contributed by atoms with E-state index in [4.69, 9.17) is 11.5 Å². The van der Waals surface area contributed by atoms with Crippen molar-refractivity contribution in [2.24, 2.45) is 16.5 Å². The zero-order chi connectivity index (χ0) is 20.1. The molecule has 1 aliphatic heterocycles. The van der Waals surface area contributed by atoms with Gasteiger partial charge in [-0.3, -0.25) is 0 Å². The van der Waals surface area contributed by atoms with Crippen molar-refractivity contribution >= 4 is 12.0 Å². The van der Waals surface area contributed by atoms with Gasteiger partial charge in [0, 0.05) is 24.1 Å². The van der Waals surface area contributed by atoms with E-state index in [1.54, 1.807) is 0 Å². The fourth-order valence-corrected chi connectivity index (χ4v) is 4.37. The van der Waals surface area contributed by atoms with Gasteiger partial charge in [-0.05, 0) is 42.2 Å². The molecule has 29 heavy (non-hydrogen) atoms. The minimum absolute atomic E-state index is 0. The molecule has 2 amide bonds. The van der Waals surface area contributed by atoms with E-state index in [1.165, 1.54) is 23.1 Å². The van der Waals surface area contributed by atoms with Crippen molar-refractivity contribution in [3.63, 3.8) is 0 Å². The summed E-state index contributed by atoms with van der Waals surface area (Å²) in [5.41, 5.74) is 10.9. The SMILES string of the molecule is C.NC(N)=NC(=O)N1Cc2c(-c3c(F)cccc3F)ccc(F)c2C2(CCC2)C1. The number of halogens is 3. The van der Waals surface area contributed by atoms with Gasteiger partial charge in [0.05, 0.1) is 5.56 Å². The van der Waals surface area contributed by atoms with Gasteiger partial charge in [0.25, 0.3) is 0 Å². The largest absolute Gasteiger partial charge is 0.370 e. The molecule has 8 heteroatoms. The maximum absolute atomic E-state index is 14.9. The molecule has 154 valence electrons. The van der Waals surface area contributed by atoms with Gasteiger partial charge < -0.3 is 16.4 Å². The first-order valence-corrected chi connectivity index (χ1v) is 8.97. The van der Waals surface area contributed by atoms with Gasteiger partial charge in [-0.25, -0.2) is 18.0 Å². The molecule has 0 radical (unpaired) electrons. The Morgan fingerprint density at radius 3 is 2.24 bits per heavy atom. The van der Waals surface area contributed by atoms with Crippen LogP contribution in [-0.4, -0.2) is 23.4 Å². The Morgan fingerprint density at radius 1 is 1.03 bits per heavy atom. The third-order valence-corrected chi connectivity index (χ3v) is 5.67. The van der Waals surface area contributed by atoms with Crippen molar-refractivity contribution in [2.45, 2.75) is 38.6 Å². The molecule has 1 aliphatic carbocycles. The lowest BCUT2D eigenvalue weighted by Crippen LogP contribution is -2.52. The van der Waals surface area contributed by atoms with Crippen LogP contribution < -0.4 is 11.5 Å². The Kier molecular flexibility index (Phi) is 5.30. The summed E-state index contributed by atoms with van der Waals surface area (Å²) in [6.45, 7) is 0.226. The van der Waals surface area contributed by atoms with Gasteiger partial charge in [-0.1, -0.05) is 26.0 Å². The van der Waals surface area contributed by atoms with Crippen LogP contribution in [0.25, 0.3) is 11.1 Å². The second-order valence-electron chi connectivity index (χ2n) is 7.35. The highest BCUT2D eigenvalue weighted by Crippen LogP contribution is 2.51. The summed E-state index contributed by atoms with van der Waals surface area (Å²) in [6, 6.07) is 5.52. The summed E-state index contributed by atoms with van der Waals surface area (Å²) in [4.78, 5) is 17.4. The van der Waals surface area contributed by atoms with Gasteiger partial charge in [0.1, 0.15) is 17.5 Å². The fourth-order valence-electron chi connectivity index (χ4n) is 4.37. The Morgan fingerprint density at radius 2 is 1.69 bits per heavy atom. The van der Waals surface area contributed by atoms with Gasteiger partial charge in [0.15, 0.2) is 5.96 Å². The van der Waals surface area contributed by atoms with Crippen LogP contribution in [0.5, 0.6) is 0 Å². The molecule has 1 spiro atoms. The highest BCUT2D eigenvalue weighted by Gasteiger charge is 2.48. The summed E-state index contributed by atoms with van der Waals surface area (Å²) < 4.78 is 43.8. The number of carbonyl (C=O) groups is 1. The molecule has 2 aromatic rings. The maximum atomic E-state index is 14.9. The van der Waals surface area contributed by atoms with Crippen molar-refractivity contribution in [2.75, 3.05) is 6.54 Å². The first-order valence-electron chi connectivity index (χ1n) is 8.97. The number of urea groups is 1. The zero-order valence-corrected chi connectivity index (χ0v) is 15.0. The van der Waals surface area contributed by atoms with Crippen LogP contribution in [0.4, 0.5) is 18.0 Å². The predicted octanol–water partition coefficient (Wildman–Crippen LogP) is 4.04. The molecule has 5 nitrogen and oxygen atoms in total. The number of hydrogen-bond acceptors (Lipinski definition) is 1. The van der Waals surface area contributed by atoms with E-state index in [9.17, 15) is 18.0 Å². The topological polar surface area (TPSA) is 84.7 Å². The lowest BCUT2D eigenvalue weighted by atomic mass is 9.61. The molecular formula is C21H23F3N4O. The Balaban J connectivity index is 0.00000240. The predicted molar refractivity (Wildman–Crippen MR) is 106 cm³/mol. The van der Waals surface area contributed by atoms with Crippen LogP contribution in [0.1, 0.15) is 37.8 Å². The van der Waals surface area contributed by atoms with E-state index >= 15 is 0 Å². The molecule has 0 unspecified atom stereocenters. The smallest absolute Gasteiger partial charge is 0.347 e. The second-order valence-corrected chi connectivity index (χ2v) is 7.35. The minimum atomic E-state index is -0.746. The van der Waals surface area contributed by atoms with Crippen molar-refractivity contribution in [3.8, 4) is 11.1 Å². The number of rotatable bonds is 1. The van der Waals surface area contributed by atoms with Gasteiger partial charge >= 0.3 is 6.03 Å². The van der Waals surface area contributed by atoms with E-state index in [0.29, 0.717) is 24.0 Å². The standard InChI is InChI=1S/C20H19F3N4O.CH4/c21-13-3-1-4-14(22)16(13)11-5-6-15(23)17-12(11)9-27(19(28)26-18(24)25)10-20(17)7-2-8-20;/h1,3-6H,2,7-10H2,(H4,24,25,26,28);1H4. The van der Waals surface area contributed by atoms with E-state index in [2.05, 4.69) is 4.99 Å². The molecule has 0 aromatic heterocycles.